The van der Waals surface area contributed by atoms with Crippen molar-refractivity contribution in [2.75, 3.05) is 13.4 Å². The van der Waals surface area contributed by atoms with Crippen LogP contribution in [0.4, 0.5) is 5.69 Å². The lowest BCUT2D eigenvalue weighted by Gasteiger charge is -2.05. The molecule has 0 radical (unpaired) electrons. The molecule has 1 N–H and O–H groups in total. The van der Waals surface area contributed by atoms with Gasteiger partial charge in [-0.25, -0.2) is 5.43 Å². The van der Waals surface area contributed by atoms with Crippen LogP contribution in [0.25, 0.3) is 0 Å². The quantitative estimate of drug-likeness (QED) is 0.435. The molecule has 0 saturated heterocycles. The zero-order valence-electron chi connectivity index (χ0n) is 13.2. The highest BCUT2D eigenvalue weighted by Gasteiger charge is 2.22. The maximum Gasteiger partial charge on any atom is 0.282 e. The van der Waals surface area contributed by atoms with Crippen LogP contribution in [0.2, 0.25) is 0 Å². The monoisotopic (exact) mass is 421 g/mol. The maximum absolute atomic E-state index is 11.7. The summed E-state index contributed by atoms with van der Waals surface area (Å²) in [6, 6.07) is 9.65. The second-order valence-electron chi connectivity index (χ2n) is 5.06. The normalized spacial score (nSPS) is 12.2. The molecular weight excluding hydrogens is 410 g/mol. The number of carbonyl (C=O) groups excluding carboxylic acids is 1. The molecule has 10 heteroatoms. The van der Waals surface area contributed by atoms with Gasteiger partial charge in [-0.3, -0.25) is 14.9 Å². The van der Waals surface area contributed by atoms with Gasteiger partial charge in [-0.1, -0.05) is 15.9 Å². The number of nitro benzene ring substituents is 1. The highest BCUT2D eigenvalue weighted by Crippen LogP contribution is 2.37. The molecule has 0 fully saturated rings. The number of halogens is 1. The summed E-state index contributed by atoms with van der Waals surface area (Å²) < 4.78 is 16.5. The molecule has 134 valence electrons. The first-order chi connectivity index (χ1) is 12.5. The Hall–Kier alpha value is -3.14. The highest BCUT2D eigenvalue weighted by molar-refractivity contribution is 9.10. The van der Waals surface area contributed by atoms with Crippen LogP contribution in [-0.2, 0) is 4.79 Å². The minimum absolute atomic E-state index is 0.00276. The van der Waals surface area contributed by atoms with Crippen LogP contribution in [-0.4, -0.2) is 30.4 Å². The van der Waals surface area contributed by atoms with Gasteiger partial charge in [0.25, 0.3) is 11.6 Å². The molecule has 26 heavy (non-hydrogen) atoms. The van der Waals surface area contributed by atoms with Crippen molar-refractivity contribution in [3.05, 3.63) is 56.5 Å². The summed E-state index contributed by atoms with van der Waals surface area (Å²) in [7, 11) is 0. The molecule has 0 spiro atoms. The standard InChI is InChI=1S/C16H12BrN3O6/c17-11-1-3-12(4-2-11)24-8-16(21)19-18-7-10-5-14-15(26-9-25-14)6-13(10)20(22)23/h1-7H,8-9H2,(H,19,21)/b18-7+. The van der Waals surface area contributed by atoms with E-state index in [1.165, 1.54) is 12.1 Å². The van der Waals surface area contributed by atoms with Crippen LogP contribution < -0.4 is 19.6 Å². The predicted octanol–water partition coefficient (Wildman–Crippen LogP) is 2.62. The first-order valence-electron chi connectivity index (χ1n) is 7.31. The van der Waals surface area contributed by atoms with Gasteiger partial charge in [-0.05, 0) is 30.3 Å². The average Bonchev–Trinajstić information content (AvgIpc) is 3.08. The third kappa shape index (κ3) is 4.28. The van der Waals surface area contributed by atoms with E-state index in [1.807, 2.05) is 0 Å². The van der Waals surface area contributed by atoms with Crippen LogP contribution in [0, 0.1) is 10.1 Å². The van der Waals surface area contributed by atoms with Crippen molar-refractivity contribution in [2.24, 2.45) is 5.10 Å². The molecule has 0 bridgehead atoms. The van der Waals surface area contributed by atoms with Gasteiger partial charge in [-0.2, -0.15) is 5.10 Å². The number of hydrogen-bond acceptors (Lipinski definition) is 7. The van der Waals surface area contributed by atoms with E-state index < -0.39 is 10.8 Å². The Morgan fingerprint density at radius 3 is 2.69 bits per heavy atom. The van der Waals surface area contributed by atoms with Crippen LogP contribution in [0.5, 0.6) is 17.2 Å². The molecule has 1 heterocycles. The van der Waals surface area contributed by atoms with Crippen molar-refractivity contribution < 1.29 is 23.9 Å². The SMILES string of the molecule is O=C(COc1ccc(Br)cc1)N/N=C/c1cc2c(cc1[N+](=O)[O-])OCO2. The summed E-state index contributed by atoms with van der Waals surface area (Å²) >= 11 is 3.30. The molecule has 1 aliphatic heterocycles. The van der Waals surface area contributed by atoms with Crippen molar-refractivity contribution in [2.45, 2.75) is 0 Å². The van der Waals surface area contributed by atoms with Crippen LogP contribution in [0.1, 0.15) is 5.56 Å². The van der Waals surface area contributed by atoms with Gasteiger partial charge in [0.2, 0.25) is 6.79 Å². The fourth-order valence-electron chi connectivity index (χ4n) is 2.09. The average molecular weight is 422 g/mol. The molecule has 2 aromatic carbocycles. The minimum atomic E-state index is -0.568. The number of amides is 1. The zero-order valence-corrected chi connectivity index (χ0v) is 14.8. The van der Waals surface area contributed by atoms with E-state index in [0.717, 1.165) is 10.7 Å². The lowest BCUT2D eigenvalue weighted by molar-refractivity contribution is -0.385. The second-order valence-corrected chi connectivity index (χ2v) is 5.97. The molecule has 0 saturated carbocycles. The number of nitrogens with one attached hydrogen (secondary N) is 1. The van der Waals surface area contributed by atoms with E-state index >= 15 is 0 Å². The molecule has 1 aliphatic rings. The third-order valence-electron chi connectivity index (χ3n) is 3.30. The second kappa shape index (κ2) is 7.83. The number of nitro groups is 1. The van der Waals surface area contributed by atoms with Gasteiger partial charge in [0.1, 0.15) is 5.75 Å². The molecule has 3 rings (SSSR count). The Morgan fingerprint density at radius 1 is 1.31 bits per heavy atom. The summed E-state index contributed by atoms with van der Waals surface area (Å²) in [4.78, 5) is 22.3. The van der Waals surface area contributed by atoms with E-state index in [2.05, 4.69) is 26.5 Å². The molecule has 2 aromatic rings. The van der Waals surface area contributed by atoms with Crippen molar-refractivity contribution in [1.29, 1.82) is 0 Å². The Morgan fingerprint density at radius 2 is 2.00 bits per heavy atom. The van der Waals surface area contributed by atoms with Gasteiger partial charge in [0.15, 0.2) is 18.1 Å². The lowest BCUT2D eigenvalue weighted by atomic mass is 10.1. The first-order valence-corrected chi connectivity index (χ1v) is 8.10. The van der Waals surface area contributed by atoms with Crippen molar-refractivity contribution in [1.82, 2.24) is 5.43 Å². The fraction of sp³-hybridized carbons (Fsp3) is 0.125. The van der Waals surface area contributed by atoms with Crippen molar-refractivity contribution >= 4 is 33.7 Å². The number of fused-ring (bicyclic) bond motifs is 1. The molecule has 1 amide bonds. The van der Waals surface area contributed by atoms with Gasteiger partial charge >= 0.3 is 0 Å². The van der Waals surface area contributed by atoms with Crippen LogP contribution in [0.15, 0.2) is 46.0 Å². The highest BCUT2D eigenvalue weighted by atomic mass is 79.9. The summed E-state index contributed by atoms with van der Waals surface area (Å²) in [6.45, 7) is -0.251. The Bertz CT molecular complexity index is 869. The van der Waals surface area contributed by atoms with E-state index in [-0.39, 0.29) is 24.7 Å². The Balaban J connectivity index is 1.60. The Kier molecular flexibility index (Phi) is 5.32. The number of benzene rings is 2. The Labute approximate surface area is 155 Å². The predicted molar refractivity (Wildman–Crippen MR) is 94.6 cm³/mol. The summed E-state index contributed by atoms with van der Waals surface area (Å²) in [5.41, 5.74) is 2.21. The van der Waals surface area contributed by atoms with Gasteiger partial charge in [0.05, 0.1) is 22.8 Å². The fourth-order valence-corrected chi connectivity index (χ4v) is 2.36. The number of rotatable bonds is 6. The minimum Gasteiger partial charge on any atom is -0.484 e. The van der Waals surface area contributed by atoms with Crippen molar-refractivity contribution in [3.8, 4) is 17.2 Å². The van der Waals surface area contributed by atoms with Gasteiger partial charge in [-0.15, -0.1) is 0 Å². The van der Waals surface area contributed by atoms with E-state index in [1.54, 1.807) is 24.3 Å². The lowest BCUT2D eigenvalue weighted by Crippen LogP contribution is -2.24. The smallest absolute Gasteiger partial charge is 0.282 e. The number of nitrogens with zero attached hydrogens (tertiary/aromatic N) is 2. The molecular formula is C16H12BrN3O6. The molecule has 0 atom stereocenters. The number of hydrazone groups is 1. The number of carbonyl (C=O) groups is 1. The largest absolute Gasteiger partial charge is 0.484 e. The number of ether oxygens (including phenoxy) is 3. The molecule has 0 unspecified atom stereocenters. The topological polar surface area (TPSA) is 112 Å². The van der Waals surface area contributed by atoms with Crippen LogP contribution >= 0.6 is 15.9 Å². The van der Waals surface area contributed by atoms with E-state index in [4.69, 9.17) is 14.2 Å². The van der Waals surface area contributed by atoms with E-state index in [9.17, 15) is 14.9 Å². The third-order valence-corrected chi connectivity index (χ3v) is 3.82. The van der Waals surface area contributed by atoms with Crippen molar-refractivity contribution in [3.63, 3.8) is 0 Å². The molecule has 9 nitrogen and oxygen atoms in total. The molecule has 0 aliphatic carbocycles. The summed E-state index contributed by atoms with van der Waals surface area (Å²) in [5, 5.41) is 14.9. The summed E-state index contributed by atoms with van der Waals surface area (Å²) in [6.07, 6.45) is 1.16. The first kappa shape index (κ1) is 17.7. The van der Waals surface area contributed by atoms with Gasteiger partial charge < -0.3 is 14.2 Å². The van der Waals surface area contributed by atoms with Crippen LogP contribution in [0.3, 0.4) is 0 Å². The number of hydrogen-bond donors (Lipinski definition) is 1. The molecule has 0 aromatic heterocycles. The van der Waals surface area contributed by atoms with Gasteiger partial charge in [0, 0.05) is 4.47 Å². The zero-order chi connectivity index (χ0) is 18.5. The van der Waals surface area contributed by atoms with E-state index in [0.29, 0.717) is 17.2 Å². The maximum atomic E-state index is 11.7. The summed E-state index contributed by atoms with van der Waals surface area (Å²) in [5.74, 6) is 0.689.